The first-order valence-corrected chi connectivity index (χ1v) is 6.55. The summed E-state index contributed by atoms with van der Waals surface area (Å²) < 4.78 is 1.91. The van der Waals surface area contributed by atoms with Gasteiger partial charge in [0.1, 0.15) is 0 Å². The molecule has 1 heterocycles. The van der Waals surface area contributed by atoms with Crippen LogP contribution in [0.15, 0.2) is 18.7 Å². The first-order chi connectivity index (χ1) is 9.04. The molecule has 0 aliphatic carbocycles. The molecule has 0 saturated heterocycles. The Morgan fingerprint density at radius 2 is 2.16 bits per heavy atom. The Hall–Kier alpha value is -1.40. The van der Waals surface area contributed by atoms with E-state index in [2.05, 4.69) is 17.2 Å². The molecule has 108 valence electrons. The van der Waals surface area contributed by atoms with Crippen molar-refractivity contribution in [2.24, 2.45) is 0 Å². The first kappa shape index (κ1) is 15.7. The van der Waals surface area contributed by atoms with Crippen molar-refractivity contribution in [1.29, 1.82) is 0 Å². The van der Waals surface area contributed by atoms with E-state index in [0.717, 1.165) is 12.8 Å². The second-order valence-corrected chi connectivity index (χ2v) is 5.08. The van der Waals surface area contributed by atoms with Gasteiger partial charge in [-0.2, -0.15) is 0 Å². The summed E-state index contributed by atoms with van der Waals surface area (Å²) in [4.78, 5) is 16.0. The topological polar surface area (TPSA) is 87.4 Å². The van der Waals surface area contributed by atoms with Crippen LogP contribution in [-0.2, 0) is 4.79 Å². The van der Waals surface area contributed by atoms with Gasteiger partial charge in [-0.15, -0.1) is 0 Å². The molecule has 1 aromatic heterocycles. The van der Waals surface area contributed by atoms with Crippen LogP contribution >= 0.6 is 0 Å². The Kier molecular flexibility index (Phi) is 5.98. The molecule has 1 rings (SSSR count). The molecule has 1 amide bonds. The van der Waals surface area contributed by atoms with Crippen LogP contribution in [-0.4, -0.2) is 44.4 Å². The number of rotatable bonds is 8. The number of hydrogen-bond donors (Lipinski definition) is 3. The van der Waals surface area contributed by atoms with Gasteiger partial charge in [-0.3, -0.25) is 4.79 Å². The van der Waals surface area contributed by atoms with Crippen molar-refractivity contribution in [3.63, 3.8) is 0 Å². The van der Waals surface area contributed by atoms with Crippen molar-refractivity contribution in [3.05, 3.63) is 18.7 Å². The highest BCUT2D eigenvalue weighted by molar-refractivity contribution is 5.77. The molecule has 3 N–H and O–H groups in total. The summed E-state index contributed by atoms with van der Waals surface area (Å²) in [5, 5.41) is 21.0. The number of hydrogen-bond acceptors (Lipinski definition) is 4. The minimum atomic E-state index is -0.969. The van der Waals surface area contributed by atoms with Gasteiger partial charge >= 0.3 is 0 Å². The number of aliphatic hydroxyl groups is 2. The van der Waals surface area contributed by atoms with Gasteiger partial charge in [0.25, 0.3) is 0 Å². The van der Waals surface area contributed by atoms with Crippen molar-refractivity contribution in [2.45, 2.75) is 44.7 Å². The monoisotopic (exact) mass is 269 g/mol. The molecule has 0 aromatic carbocycles. The Labute approximate surface area is 113 Å². The van der Waals surface area contributed by atoms with Gasteiger partial charge in [0, 0.05) is 24.9 Å². The van der Waals surface area contributed by atoms with E-state index in [0.29, 0.717) is 6.42 Å². The summed E-state index contributed by atoms with van der Waals surface area (Å²) in [5.74, 6) is -0.183. The Balaban J connectivity index is 2.62. The van der Waals surface area contributed by atoms with Crippen LogP contribution in [0.4, 0.5) is 0 Å². The van der Waals surface area contributed by atoms with Crippen LogP contribution < -0.4 is 5.32 Å². The molecular weight excluding hydrogens is 246 g/mol. The molecule has 0 bridgehead atoms. The lowest BCUT2D eigenvalue weighted by Crippen LogP contribution is -2.52. The summed E-state index contributed by atoms with van der Waals surface area (Å²) in [6.07, 6.45) is 7.37. The fourth-order valence-corrected chi connectivity index (χ4v) is 1.91. The summed E-state index contributed by atoms with van der Waals surface area (Å²) in [6, 6.07) is 0.0501. The van der Waals surface area contributed by atoms with E-state index in [4.69, 9.17) is 10.2 Å². The zero-order valence-electron chi connectivity index (χ0n) is 11.5. The smallest absolute Gasteiger partial charge is 0.222 e. The van der Waals surface area contributed by atoms with Gasteiger partial charge in [0.15, 0.2) is 0 Å². The highest BCUT2D eigenvalue weighted by atomic mass is 16.3. The molecule has 0 aliphatic rings. The van der Waals surface area contributed by atoms with E-state index in [1.54, 1.807) is 19.4 Å². The Morgan fingerprint density at radius 1 is 1.47 bits per heavy atom. The second kappa shape index (κ2) is 7.25. The van der Waals surface area contributed by atoms with Crippen molar-refractivity contribution in [1.82, 2.24) is 14.9 Å². The molecule has 0 fully saturated rings. The number of aliphatic hydroxyl groups excluding tert-OH is 2. The third kappa shape index (κ3) is 4.65. The van der Waals surface area contributed by atoms with Gasteiger partial charge in [-0.1, -0.05) is 13.3 Å². The standard InChI is InChI=1S/C13H23N3O3/c1-3-4-11(16-6-5-14-10-16)7-12(19)15-13(2,8-17)9-18/h5-6,10-11,17-18H,3-4,7-9H2,1-2H3,(H,15,19). The second-order valence-electron chi connectivity index (χ2n) is 5.08. The van der Waals surface area contributed by atoms with Gasteiger partial charge in [-0.05, 0) is 13.3 Å². The number of carbonyl (C=O) groups excluding carboxylic acids is 1. The van der Waals surface area contributed by atoms with Gasteiger partial charge in [-0.25, -0.2) is 4.98 Å². The number of imidazole rings is 1. The lowest BCUT2D eigenvalue weighted by Gasteiger charge is -2.27. The van der Waals surface area contributed by atoms with Crippen molar-refractivity contribution >= 4 is 5.91 Å². The van der Waals surface area contributed by atoms with Crippen LogP contribution in [0, 0.1) is 0 Å². The fraction of sp³-hybridized carbons (Fsp3) is 0.692. The third-order valence-electron chi connectivity index (χ3n) is 3.13. The average Bonchev–Trinajstić information content (AvgIpc) is 2.92. The maximum absolute atomic E-state index is 12.0. The number of nitrogens with zero attached hydrogens (tertiary/aromatic N) is 2. The number of carbonyl (C=O) groups is 1. The highest BCUT2D eigenvalue weighted by Crippen LogP contribution is 2.18. The van der Waals surface area contributed by atoms with Gasteiger partial charge in [0.2, 0.25) is 5.91 Å². The highest BCUT2D eigenvalue weighted by Gasteiger charge is 2.26. The molecular formula is C13H23N3O3. The van der Waals surface area contributed by atoms with Gasteiger partial charge in [0.05, 0.1) is 25.1 Å². The van der Waals surface area contributed by atoms with Crippen LogP contribution in [0.2, 0.25) is 0 Å². The van der Waals surface area contributed by atoms with E-state index in [-0.39, 0.29) is 25.2 Å². The summed E-state index contributed by atoms with van der Waals surface area (Å²) in [7, 11) is 0. The largest absolute Gasteiger partial charge is 0.394 e. The maximum atomic E-state index is 12.0. The minimum Gasteiger partial charge on any atom is -0.394 e. The average molecular weight is 269 g/mol. The molecule has 0 aliphatic heterocycles. The molecule has 1 unspecified atom stereocenters. The summed E-state index contributed by atoms with van der Waals surface area (Å²) in [5.41, 5.74) is -0.969. The minimum absolute atomic E-state index is 0.0501. The number of nitrogens with one attached hydrogen (secondary N) is 1. The Morgan fingerprint density at radius 3 is 2.63 bits per heavy atom. The molecule has 6 heteroatoms. The van der Waals surface area contributed by atoms with E-state index in [1.165, 1.54) is 0 Å². The lowest BCUT2D eigenvalue weighted by atomic mass is 10.0. The molecule has 1 atom stereocenters. The van der Waals surface area contributed by atoms with Crippen LogP contribution in [0.3, 0.4) is 0 Å². The molecule has 19 heavy (non-hydrogen) atoms. The fourth-order valence-electron chi connectivity index (χ4n) is 1.91. The predicted octanol–water partition coefficient (Wildman–Crippen LogP) is 0.474. The number of amides is 1. The third-order valence-corrected chi connectivity index (χ3v) is 3.13. The van der Waals surface area contributed by atoms with Crippen molar-refractivity contribution in [3.8, 4) is 0 Å². The predicted molar refractivity (Wildman–Crippen MR) is 71.5 cm³/mol. The van der Waals surface area contributed by atoms with Crippen LogP contribution in [0.25, 0.3) is 0 Å². The first-order valence-electron chi connectivity index (χ1n) is 6.55. The molecule has 0 saturated carbocycles. The molecule has 1 aromatic rings. The normalized spacial score (nSPS) is 13.3. The lowest BCUT2D eigenvalue weighted by molar-refractivity contribution is -0.124. The molecule has 0 radical (unpaired) electrons. The summed E-state index contributed by atoms with van der Waals surface area (Å²) in [6.45, 7) is 3.09. The van der Waals surface area contributed by atoms with E-state index in [1.807, 2.05) is 10.8 Å². The zero-order valence-corrected chi connectivity index (χ0v) is 11.5. The van der Waals surface area contributed by atoms with E-state index in [9.17, 15) is 4.79 Å². The van der Waals surface area contributed by atoms with Crippen molar-refractivity contribution in [2.75, 3.05) is 13.2 Å². The number of aromatic nitrogens is 2. The van der Waals surface area contributed by atoms with Crippen LogP contribution in [0.5, 0.6) is 0 Å². The van der Waals surface area contributed by atoms with Gasteiger partial charge < -0.3 is 20.1 Å². The zero-order chi connectivity index (χ0) is 14.3. The quantitative estimate of drug-likeness (QED) is 0.640. The van der Waals surface area contributed by atoms with E-state index < -0.39 is 5.54 Å². The molecule has 0 spiro atoms. The summed E-state index contributed by atoms with van der Waals surface area (Å²) >= 11 is 0. The molecule has 6 nitrogen and oxygen atoms in total. The van der Waals surface area contributed by atoms with E-state index >= 15 is 0 Å². The van der Waals surface area contributed by atoms with Crippen LogP contribution in [0.1, 0.15) is 39.2 Å². The van der Waals surface area contributed by atoms with Crippen molar-refractivity contribution < 1.29 is 15.0 Å². The SMILES string of the molecule is CCCC(CC(=O)NC(C)(CO)CO)n1ccnc1. The maximum Gasteiger partial charge on any atom is 0.222 e. The Bertz CT molecular complexity index is 374.